The van der Waals surface area contributed by atoms with Crippen LogP contribution >= 0.6 is 23.2 Å². The van der Waals surface area contributed by atoms with Crippen molar-refractivity contribution in [3.8, 4) is 0 Å². The van der Waals surface area contributed by atoms with E-state index in [9.17, 15) is 9.59 Å². The number of carbonyl (C=O) groups excluding carboxylic acids is 2. The third-order valence-electron chi connectivity index (χ3n) is 4.25. The average Bonchev–Trinajstić information content (AvgIpc) is 2.55. The van der Waals surface area contributed by atoms with Gasteiger partial charge in [-0.05, 0) is 25.5 Å². The molecule has 0 saturated carbocycles. The van der Waals surface area contributed by atoms with Crippen molar-refractivity contribution in [2.45, 2.75) is 25.8 Å². The molecule has 130 valence electrons. The van der Waals surface area contributed by atoms with Gasteiger partial charge in [0.1, 0.15) is 0 Å². The zero-order valence-corrected chi connectivity index (χ0v) is 15.4. The van der Waals surface area contributed by atoms with Gasteiger partial charge in [-0.25, -0.2) is 4.79 Å². The van der Waals surface area contributed by atoms with Gasteiger partial charge in [-0.15, -0.1) is 0 Å². The van der Waals surface area contributed by atoms with E-state index in [0.717, 1.165) is 0 Å². The summed E-state index contributed by atoms with van der Waals surface area (Å²) in [6.07, 6.45) is 0. The lowest BCUT2D eigenvalue weighted by Crippen LogP contribution is -2.47. The van der Waals surface area contributed by atoms with E-state index in [-0.39, 0.29) is 6.04 Å². The number of nitrogens with one attached hydrogen (secondary N) is 1. The van der Waals surface area contributed by atoms with Gasteiger partial charge in [0.2, 0.25) is 0 Å². The fourth-order valence-corrected chi connectivity index (χ4v) is 3.61. The van der Waals surface area contributed by atoms with Gasteiger partial charge >= 0.3 is 11.9 Å². The zero-order valence-electron chi connectivity index (χ0n) is 13.9. The molecule has 24 heavy (non-hydrogen) atoms. The van der Waals surface area contributed by atoms with Gasteiger partial charge in [-0.3, -0.25) is 4.79 Å². The Morgan fingerprint density at radius 3 is 2.42 bits per heavy atom. The smallest absolute Gasteiger partial charge is 0.336 e. The molecule has 0 spiro atoms. The molecule has 7 heteroatoms. The number of benzene rings is 1. The monoisotopic (exact) mass is 371 g/mol. The minimum atomic E-state index is -0.649. The molecule has 1 aromatic carbocycles. The highest BCUT2D eigenvalue weighted by molar-refractivity contribution is 6.42. The van der Waals surface area contributed by atoms with Crippen LogP contribution in [0.2, 0.25) is 10.0 Å². The minimum Gasteiger partial charge on any atom is -0.469 e. The predicted molar refractivity (Wildman–Crippen MR) is 92.0 cm³/mol. The summed E-state index contributed by atoms with van der Waals surface area (Å²) in [6, 6.07) is 4.88. The number of allylic oxidation sites excluding steroid dienone is 1. The van der Waals surface area contributed by atoms with Crippen LogP contribution in [0.5, 0.6) is 0 Å². The lowest BCUT2D eigenvalue weighted by Gasteiger charge is -2.38. The first-order chi connectivity index (χ1) is 11.3. The van der Waals surface area contributed by atoms with Gasteiger partial charge in [0, 0.05) is 17.7 Å². The molecule has 1 aliphatic heterocycles. The number of methoxy groups -OCH3 is 2. The van der Waals surface area contributed by atoms with Crippen LogP contribution in [-0.2, 0) is 19.1 Å². The number of halogens is 2. The summed E-state index contributed by atoms with van der Waals surface area (Å²) in [6.45, 7) is 3.62. The highest BCUT2D eigenvalue weighted by atomic mass is 35.5. The standard InChI is InChI=1S/C17H19Cl2NO4/c1-8-12(16(21)23-3)14(10-6-5-7-11(18)15(10)19)13(9(2)20-8)17(22)24-4/h5-8,12,14,20H,1-4H3. The third-order valence-corrected chi connectivity index (χ3v) is 5.09. The van der Waals surface area contributed by atoms with E-state index in [4.69, 9.17) is 32.7 Å². The molecule has 5 nitrogen and oxygen atoms in total. The van der Waals surface area contributed by atoms with E-state index in [1.54, 1.807) is 25.1 Å². The Balaban J connectivity index is 2.72. The molecular weight excluding hydrogens is 353 g/mol. The van der Waals surface area contributed by atoms with E-state index in [1.807, 2.05) is 6.92 Å². The molecule has 1 aliphatic rings. The molecule has 0 radical (unpaired) electrons. The molecule has 1 N–H and O–H groups in total. The van der Waals surface area contributed by atoms with Crippen molar-refractivity contribution in [3.63, 3.8) is 0 Å². The Labute approximate surface area is 150 Å². The van der Waals surface area contributed by atoms with Crippen LogP contribution in [0.15, 0.2) is 29.5 Å². The fraction of sp³-hybridized carbons (Fsp3) is 0.412. The normalized spacial score (nSPS) is 23.5. The summed E-state index contributed by atoms with van der Waals surface area (Å²) in [5.74, 6) is -2.23. The summed E-state index contributed by atoms with van der Waals surface area (Å²) in [4.78, 5) is 24.8. The van der Waals surface area contributed by atoms with E-state index in [1.165, 1.54) is 14.2 Å². The number of esters is 2. The Morgan fingerprint density at radius 2 is 1.83 bits per heavy atom. The van der Waals surface area contributed by atoms with Crippen molar-refractivity contribution in [2.24, 2.45) is 5.92 Å². The Kier molecular flexibility index (Phi) is 5.78. The highest BCUT2D eigenvalue weighted by Crippen LogP contribution is 2.44. The zero-order chi connectivity index (χ0) is 18.0. The van der Waals surface area contributed by atoms with Crippen LogP contribution in [0, 0.1) is 5.92 Å². The van der Waals surface area contributed by atoms with Gasteiger partial charge in [0.15, 0.2) is 0 Å². The Morgan fingerprint density at radius 1 is 1.17 bits per heavy atom. The molecule has 0 amide bonds. The molecule has 3 atom stereocenters. The van der Waals surface area contributed by atoms with Gasteiger partial charge in [0.05, 0.1) is 35.8 Å². The number of carbonyl (C=O) groups is 2. The number of ether oxygens (including phenoxy) is 2. The predicted octanol–water partition coefficient (Wildman–Crippen LogP) is 3.30. The van der Waals surface area contributed by atoms with E-state index < -0.39 is 23.8 Å². The van der Waals surface area contributed by atoms with E-state index >= 15 is 0 Å². The molecule has 2 rings (SSSR count). The Bertz CT molecular complexity index is 702. The number of hydrogen-bond acceptors (Lipinski definition) is 5. The summed E-state index contributed by atoms with van der Waals surface area (Å²) in [5, 5.41) is 3.80. The molecule has 0 bridgehead atoms. The van der Waals surface area contributed by atoms with Gasteiger partial charge in [0.25, 0.3) is 0 Å². The maximum absolute atomic E-state index is 12.4. The van der Waals surface area contributed by atoms with Gasteiger partial charge < -0.3 is 14.8 Å². The number of rotatable bonds is 3. The summed E-state index contributed by atoms with van der Waals surface area (Å²) in [5.41, 5.74) is 1.57. The van der Waals surface area contributed by atoms with Gasteiger partial charge in [-0.1, -0.05) is 35.3 Å². The van der Waals surface area contributed by atoms with Crippen LogP contribution in [0.25, 0.3) is 0 Å². The van der Waals surface area contributed by atoms with Crippen LogP contribution < -0.4 is 5.32 Å². The minimum absolute atomic E-state index is 0.258. The van der Waals surface area contributed by atoms with Crippen molar-refractivity contribution >= 4 is 35.1 Å². The van der Waals surface area contributed by atoms with Crippen LogP contribution in [0.1, 0.15) is 25.3 Å². The second-order valence-corrected chi connectivity index (χ2v) is 6.42. The second-order valence-electron chi connectivity index (χ2n) is 5.63. The molecule has 0 aromatic heterocycles. The van der Waals surface area contributed by atoms with Gasteiger partial charge in [-0.2, -0.15) is 0 Å². The van der Waals surface area contributed by atoms with E-state index in [2.05, 4.69) is 5.32 Å². The average molecular weight is 372 g/mol. The second kappa shape index (κ2) is 7.45. The number of hydrogen-bond donors (Lipinski definition) is 1. The summed E-state index contributed by atoms with van der Waals surface area (Å²) < 4.78 is 9.86. The van der Waals surface area contributed by atoms with Crippen molar-refractivity contribution in [3.05, 3.63) is 45.1 Å². The van der Waals surface area contributed by atoms with Crippen molar-refractivity contribution in [1.82, 2.24) is 5.32 Å². The third kappa shape index (κ3) is 3.23. The lowest BCUT2D eigenvalue weighted by molar-refractivity contribution is -0.147. The highest BCUT2D eigenvalue weighted by Gasteiger charge is 2.45. The molecule has 1 aromatic rings. The SMILES string of the molecule is COC(=O)C1=C(C)NC(C)C(C(=O)OC)C1c1cccc(Cl)c1Cl. The summed E-state index contributed by atoms with van der Waals surface area (Å²) in [7, 11) is 2.61. The fourth-order valence-electron chi connectivity index (χ4n) is 3.19. The van der Waals surface area contributed by atoms with Crippen LogP contribution in [0.3, 0.4) is 0 Å². The first-order valence-electron chi connectivity index (χ1n) is 7.40. The van der Waals surface area contributed by atoms with Crippen molar-refractivity contribution in [1.29, 1.82) is 0 Å². The summed E-state index contributed by atoms with van der Waals surface area (Å²) >= 11 is 12.5. The first kappa shape index (κ1) is 18.6. The Hall–Kier alpha value is -1.72. The van der Waals surface area contributed by atoms with Crippen LogP contribution in [-0.4, -0.2) is 32.2 Å². The van der Waals surface area contributed by atoms with Crippen molar-refractivity contribution in [2.75, 3.05) is 14.2 Å². The first-order valence-corrected chi connectivity index (χ1v) is 8.16. The molecular formula is C17H19Cl2NO4. The molecule has 0 fully saturated rings. The maximum atomic E-state index is 12.4. The molecule has 1 heterocycles. The largest absolute Gasteiger partial charge is 0.469 e. The van der Waals surface area contributed by atoms with Crippen LogP contribution in [0.4, 0.5) is 0 Å². The lowest BCUT2D eigenvalue weighted by atomic mass is 9.73. The topological polar surface area (TPSA) is 64.6 Å². The molecule has 0 aliphatic carbocycles. The quantitative estimate of drug-likeness (QED) is 0.825. The molecule has 3 unspecified atom stereocenters. The van der Waals surface area contributed by atoms with E-state index in [0.29, 0.717) is 26.9 Å². The van der Waals surface area contributed by atoms with Crippen molar-refractivity contribution < 1.29 is 19.1 Å². The maximum Gasteiger partial charge on any atom is 0.336 e. The molecule has 0 saturated heterocycles.